The number of rotatable bonds is 4. The summed E-state index contributed by atoms with van der Waals surface area (Å²) in [4.78, 5) is 13.2. The fourth-order valence-corrected chi connectivity index (χ4v) is 4.76. The number of carbonyl (C=O) groups excluding carboxylic acids is 1. The summed E-state index contributed by atoms with van der Waals surface area (Å²) in [6.07, 6.45) is 2.90. The third kappa shape index (κ3) is 3.56. The minimum atomic E-state index is -0.748. The van der Waals surface area contributed by atoms with Crippen LogP contribution in [0.3, 0.4) is 0 Å². The van der Waals surface area contributed by atoms with Gasteiger partial charge >= 0.3 is 6.03 Å². The molecule has 174 valence electrons. The molecule has 2 atom stereocenters. The lowest BCUT2D eigenvalue weighted by Crippen LogP contribution is -2.41. The van der Waals surface area contributed by atoms with E-state index < -0.39 is 23.6 Å². The number of fused-ring (bicyclic) bond motifs is 1. The highest BCUT2D eigenvalue weighted by atomic mass is 16.3. The lowest BCUT2D eigenvalue weighted by atomic mass is 9.84. The zero-order valence-electron chi connectivity index (χ0n) is 19.6. The molecule has 3 N–H and O–H groups in total. The molecule has 8 nitrogen and oxygen atoms in total. The Labute approximate surface area is 198 Å². The molecule has 4 aromatic rings. The first-order valence-corrected chi connectivity index (χ1v) is 11.3. The summed E-state index contributed by atoms with van der Waals surface area (Å²) in [5.41, 5.74) is 4.74. The number of hydrogen-bond acceptors (Lipinski definition) is 4. The molecule has 1 aliphatic rings. The number of aryl methyl sites for hydroxylation is 1. The first kappa shape index (κ1) is 21.9. The van der Waals surface area contributed by atoms with E-state index in [2.05, 4.69) is 15.7 Å². The number of amides is 2. The second-order valence-electron chi connectivity index (χ2n) is 9.30. The van der Waals surface area contributed by atoms with Crippen LogP contribution in [0.5, 0.6) is 0 Å². The molecule has 5 rings (SSSR count). The summed E-state index contributed by atoms with van der Waals surface area (Å²) >= 11 is 0. The smallest absolute Gasteiger partial charge is 0.320 e. The van der Waals surface area contributed by atoms with Crippen LogP contribution in [0.25, 0.3) is 16.9 Å². The van der Waals surface area contributed by atoms with Crippen molar-refractivity contribution < 1.29 is 9.90 Å². The largest absolute Gasteiger partial charge is 0.390 e. The molecule has 0 saturated carbocycles. The lowest BCUT2D eigenvalue weighted by molar-refractivity contribution is 0.0828. The molecule has 0 spiro atoms. The minimum Gasteiger partial charge on any atom is -0.390 e. The Hall–Kier alpha value is -3.91. The number of aliphatic hydroxyl groups excluding tert-OH is 1. The van der Waals surface area contributed by atoms with E-state index in [0.29, 0.717) is 5.82 Å². The van der Waals surface area contributed by atoms with Crippen LogP contribution in [0.1, 0.15) is 36.6 Å². The van der Waals surface area contributed by atoms with E-state index in [1.165, 1.54) is 0 Å². The van der Waals surface area contributed by atoms with Crippen molar-refractivity contribution >= 4 is 11.8 Å². The van der Waals surface area contributed by atoms with Gasteiger partial charge in [-0.3, -0.25) is 10.00 Å². The quantitative estimate of drug-likeness (QED) is 0.431. The van der Waals surface area contributed by atoms with Crippen LogP contribution in [-0.2, 0) is 12.5 Å². The lowest BCUT2D eigenvalue weighted by Gasteiger charge is -2.27. The van der Waals surface area contributed by atoms with Crippen LogP contribution in [0.2, 0.25) is 0 Å². The van der Waals surface area contributed by atoms with Crippen LogP contribution in [0.4, 0.5) is 10.6 Å². The van der Waals surface area contributed by atoms with E-state index in [1.54, 1.807) is 15.6 Å². The molecular formula is C26H28N6O2. The van der Waals surface area contributed by atoms with Gasteiger partial charge in [-0.25, -0.2) is 9.48 Å². The van der Waals surface area contributed by atoms with Crippen molar-refractivity contribution in [2.45, 2.75) is 38.3 Å². The maximum absolute atomic E-state index is 13.2. The molecule has 34 heavy (non-hydrogen) atoms. The molecule has 2 aromatic carbocycles. The van der Waals surface area contributed by atoms with Crippen LogP contribution in [0.15, 0.2) is 67.0 Å². The summed E-state index contributed by atoms with van der Waals surface area (Å²) in [5, 5.41) is 26.1. The summed E-state index contributed by atoms with van der Waals surface area (Å²) in [6.45, 7) is 5.91. The van der Waals surface area contributed by atoms with Crippen molar-refractivity contribution in [3.8, 4) is 16.9 Å². The van der Waals surface area contributed by atoms with Gasteiger partial charge in [-0.05, 0) is 30.2 Å². The molecule has 2 aromatic heterocycles. The number of hydrogen-bond donors (Lipinski definition) is 3. The fourth-order valence-electron chi connectivity index (χ4n) is 4.76. The molecule has 0 aliphatic heterocycles. The van der Waals surface area contributed by atoms with Gasteiger partial charge in [0.25, 0.3) is 0 Å². The average molecular weight is 457 g/mol. The first-order valence-electron chi connectivity index (χ1n) is 11.3. The number of nitrogens with zero attached hydrogens (tertiary/aromatic N) is 4. The zero-order valence-corrected chi connectivity index (χ0v) is 19.6. The Morgan fingerprint density at radius 3 is 2.50 bits per heavy atom. The predicted molar refractivity (Wildman–Crippen MR) is 131 cm³/mol. The molecule has 0 radical (unpaired) electrons. The number of benzene rings is 2. The second kappa shape index (κ2) is 8.14. The molecule has 0 fully saturated rings. The summed E-state index contributed by atoms with van der Waals surface area (Å²) in [6, 6.07) is 16.6. The van der Waals surface area contributed by atoms with Crippen LogP contribution < -0.4 is 10.6 Å². The molecule has 2 amide bonds. The molecule has 0 bridgehead atoms. The summed E-state index contributed by atoms with van der Waals surface area (Å²) < 4.78 is 3.44. The Kier molecular flexibility index (Phi) is 5.25. The summed E-state index contributed by atoms with van der Waals surface area (Å²) in [7, 11) is 1.85. The Morgan fingerprint density at radius 2 is 1.79 bits per heavy atom. The highest BCUT2D eigenvalue weighted by Crippen LogP contribution is 2.44. The monoisotopic (exact) mass is 456 g/mol. The maximum atomic E-state index is 13.2. The van der Waals surface area contributed by atoms with E-state index in [0.717, 1.165) is 33.6 Å². The third-order valence-electron chi connectivity index (χ3n) is 6.67. The van der Waals surface area contributed by atoms with Gasteiger partial charge in [0.1, 0.15) is 11.5 Å². The van der Waals surface area contributed by atoms with Gasteiger partial charge in [-0.2, -0.15) is 10.2 Å². The third-order valence-corrected chi connectivity index (χ3v) is 6.67. The molecule has 2 heterocycles. The van der Waals surface area contributed by atoms with E-state index in [9.17, 15) is 9.90 Å². The van der Waals surface area contributed by atoms with E-state index in [1.807, 2.05) is 88.6 Å². The Bertz CT molecular complexity index is 1350. The maximum Gasteiger partial charge on any atom is 0.320 e. The predicted octanol–water partition coefficient (Wildman–Crippen LogP) is 4.10. The number of urea groups is 1. The average Bonchev–Trinajstić information content (AvgIpc) is 3.45. The zero-order chi connectivity index (χ0) is 24.0. The van der Waals surface area contributed by atoms with E-state index >= 15 is 0 Å². The standard InChI is InChI=1S/C26H28N6O2/c1-16-21(17-14-27-31(4)15-17)30-32(18-10-6-5-7-11-18)24(16)29-25(34)28-22-19-12-8-9-13-20(19)26(2,3)23(22)33/h5-15,22-23,33H,1-4H3,(H2,28,29,34)/t22?,23-/m0/s1. The molecule has 1 aliphatic carbocycles. The van der Waals surface area contributed by atoms with Crippen molar-refractivity contribution in [2.75, 3.05) is 5.32 Å². The van der Waals surface area contributed by atoms with Gasteiger partial charge in [-0.1, -0.05) is 56.3 Å². The van der Waals surface area contributed by atoms with E-state index in [4.69, 9.17) is 5.10 Å². The van der Waals surface area contributed by atoms with Crippen LogP contribution in [0, 0.1) is 6.92 Å². The molecule has 1 unspecified atom stereocenters. The van der Waals surface area contributed by atoms with Gasteiger partial charge in [-0.15, -0.1) is 0 Å². The van der Waals surface area contributed by atoms with Crippen LogP contribution >= 0.6 is 0 Å². The number of aliphatic hydroxyl groups is 1. The second-order valence-corrected chi connectivity index (χ2v) is 9.30. The fraction of sp³-hybridized carbons (Fsp3) is 0.269. The van der Waals surface area contributed by atoms with E-state index in [-0.39, 0.29) is 0 Å². The van der Waals surface area contributed by atoms with Gasteiger partial charge < -0.3 is 10.4 Å². The highest BCUT2D eigenvalue weighted by Gasteiger charge is 2.46. The minimum absolute atomic E-state index is 0.408. The van der Waals surface area contributed by atoms with Crippen molar-refractivity contribution in [3.05, 3.63) is 83.7 Å². The SMILES string of the molecule is Cc1c(-c2cnn(C)c2)nn(-c2ccccc2)c1NC(=O)NC1c2ccccc2C(C)(C)[C@H]1O. The molecule has 0 saturated heterocycles. The Morgan fingerprint density at radius 1 is 1.09 bits per heavy atom. The van der Waals surface area contributed by atoms with Crippen molar-refractivity contribution in [3.63, 3.8) is 0 Å². The number of anilines is 1. The van der Waals surface area contributed by atoms with Gasteiger partial charge in [0, 0.05) is 29.8 Å². The van der Waals surface area contributed by atoms with Crippen molar-refractivity contribution in [2.24, 2.45) is 7.05 Å². The summed E-state index contributed by atoms with van der Waals surface area (Å²) in [5.74, 6) is 0.558. The first-order chi connectivity index (χ1) is 16.3. The topological polar surface area (TPSA) is 97.0 Å². The number of aromatic nitrogens is 4. The molecular weight excluding hydrogens is 428 g/mol. The number of nitrogens with one attached hydrogen (secondary N) is 2. The normalized spacial score (nSPS) is 18.5. The molecule has 8 heteroatoms. The van der Waals surface area contributed by atoms with Crippen molar-refractivity contribution in [1.29, 1.82) is 0 Å². The Balaban J connectivity index is 1.48. The van der Waals surface area contributed by atoms with Crippen molar-refractivity contribution in [1.82, 2.24) is 24.9 Å². The van der Waals surface area contributed by atoms with Gasteiger partial charge in [0.2, 0.25) is 0 Å². The number of carbonyl (C=O) groups is 1. The number of para-hydroxylation sites is 1. The van der Waals surface area contributed by atoms with Crippen LogP contribution in [-0.4, -0.2) is 36.8 Å². The van der Waals surface area contributed by atoms with Gasteiger partial charge in [0.05, 0.1) is 24.0 Å². The highest BCUT2D eigenvalue weighted by molar-refractivity contribution is 5.91. The van der Waals surface area contributed by atoms with Gasteiger partial charge in [0.15, 0.2) is 0 Å².